The van der Waals surface area contributed by atoms with Gasteiger partial charge in [0.25, 0.3) is 0 Å². The summed E-state index contributed by atoms with van der Waals surface area (Å²) in [7, 11) is 3.60. The van der Waals surface area contributed by atoms with Gasteiger partial charge in [0.2, 0.25) is 0 Å². The highest BCUT2D eigenvalue weighted by molar-refractivity contribution is 6.28. The highest BCUT2D eigenvalue weighted by Gasteiger charge is 2.31. The van der Waals surface area contributed by atoms with Gasteiger partial charge in [-0.2, -0.15) is 0 Å². The first kappa shape index (κ1) is 17.2. The van der Waals surface area contributed by atoms with E-state index in [2.05, 4.69) is 10.9 Å². The number of benzene rings is 1. The highest BCUT2D eigenvalue weighted by atomic mass is 16.4. The molecule has 2 rings (SSSR count). The molecule has 0 saturated heterocycles. The molecule has 6 heteroatoms. The Balaban J connectivity index is 2.26. The Bertz CT molecular complexity index is 604. The number of rotatable bonds is 8. The maximum atomic E-state index is 12.8. The molecule has 1 aliphatic rings. The molecule has 1 atom stereocenters. The van der Waals surface area contributed by atoms with Crippen molar-refractivity contribution in [3.63, 3.8) is 0 Å². The molecular weight excluding hydrogens is 294 g/mol. The quantitative estimate of drug-likeness (QED) is 0.379. The smallest absolute Gasteiger partial charge is 0.330 e. The van der Waals surface area contributed by atoms with Crippen molar-refractivity contribution in [3.05, 3.63) is 41.6 Å². The molecule has 1 fully saturated rings. The van der Waals surface area contributed by atoms with Crippen LogP contribution in [0.3, 0.4) is 0 Å². The fourth-order valence-corrected chi connectivity index (χ4v) is 2.10. The van der Waals surface area contributed by atoms with Crippen molar-refractivity contribution in [2.45, 2.75) is 31.8 Å². The molecule has 23 heavy (non-hydrogen) atoms. The molecule has 1 saturated carbocycles. The zero-order valence-electron chi connectivity index (χ0n) is 13.7. The third-order valence-corrected chi connectivity index (χ3v) is 3.53. The topological polar surface area (TPSA) is 81.7 Å². The summed E-state index contributed by atoms with van der Waals surface area (Å²) in [6, 6.07) is 6.40. The van der Waals surface area contributed by atoms with E-state index in [1.807, 2.05) is 31.2 Å². The van der Waals surface area contributed by atoms with Crippen LogP contribution in [0.2, 0.25) is 0 Å². The number of carbonyl (C=O) groups is 2. The van der Waals surface area contributed by atoms with E-state index in [0.29, 0.717) is 11.1 Å². The lowest BCUT2D eigenvalue weighted by Gasteiger charge is -2.18. The van der Waals surface area contributed by atoms with Gasteiger partial charge in [0.15, 0.2) is 11.8 Å². The van der Waals surface area contributed by atoms with E-state index in [-0.39, 0.29) is 6.04 Å². The Morgan fingerprint density at radius 1 is 1.26 bits per heavy atom. The van der Waals surface area contributed by atoms with Crippen molar-refractivity contribution in [2.24, 2.45) is 0 Å². The monoisotopic (exact) mass is 317 g/mol. The largest absolute Gasteiger partial charge is 0.480 e. The van der Waals surface area contributed by atoms with Crippen molar-refractivity contribution in [1.29, 1.82) is 0 Å². The van der Waals surface area contributed by atoms with Crippen LogP contribution in [-0.4, -0.2) is 47.9 Å². The van der Waals surface area contributed by atoms with Gasteiger partial charge in [0.1, 0.15) is 0 Å². The molecule has 0 aliphatic heterocycles. The summed E-state index contributed by atoms with van der Waals surface area (Å²) in [6.45, 7) is 1.96. The molecule has 124 valence electrons. The van der Waals surface area contributed by atoms with Crippen LogP contribution in [0, 0.1) is 6.92 Å². The first-order chi connectivity index (χ1) is 10.9. The van der Waals surface area contributed by atoms with Gasteiger partial charge in [-0.3, -0.25) is 10.2 Å². The van der Waals surface area contributed by atoms with E-state index in [1.165, 1.54) is 0 Å². The fraction of sp³-hybridized carbons (Fsp3) is 0.412. The number of ketones is 1. The van der Waals surface area contributed by atoms with Gasteiger partial charge in [-0.05, 0) is 25.3 Å². The Morgan fingerprint density at radius 3 is 2.35 bits per heavy atom. The molecule has 0 heterocycles. The Kier molecular flexibility index (Phi) is 5.52. The number of hydrazine groups is 1. The summed E-state index contributed by atoms with van der Waals surface area (Å²) in [5, 5.41) is 9.39. The maximum Gasteiger partial charge on any atom is 0.330 e. The summed E-state index contributed by atoms with van der Waals surface area (Å²) in [5.74, 6) is -1.66. The van der Waals surface area contributed by atoms with Gasteiger partial charge >= 0.3 is 5.97 Å². The van der Waals surface area contributed by atoms with Crippen LogP contribution in [-0.2, 0) is 9.59 Å². The van der Waals surface area contributed by atoms with Crippen molar-refractivity contribution >= 4 is 17.3 Å². The van der Waals surface area contributed by atoms with Gasteiger partial charge in [-0.1, -0.05) is 29.8 Å². The number of carbonyl (C=O) groups excluding carboxylic acids is 1. The standard InChI is InChI=1S/C17H23N3O3/c1-11-4-6-12(7-5-11)14(10-20(2)3)16(21)15(17(22)23)19-18-13-8-9-13/h4-7,10,13,15,18-19H,8-9H2,1-3H3,(H,22,23). The first-order valence-corrected chi connectivity index (χ1v) is 7.62. The molecule has 1 unspecified atom stereocenters. The molecule has 1 aliphatic carbocycles. The molecule has 0 bridgehead atoms. The predicted octanol–water partition coefficient (Wildman–Crippen LogP) is 1.18. The third kappa shape index (κ3) is 4.91. The van der Waals surface area contributed by atoms with E-state index in [0.717, 1.165) is 18.4 Å². The lowest BCUT2D eigenvalue weighted by atomic mass is 9.97. The Labute approximate surface area is 136 Å². The highest BCUT2D eigenvalue weighted by Crippen LogP contribution is 2.20. The fourth-order valence-electron chi connectivity index (χ4n) is 2.10. The third-order valence-electron chi connectivity index (χ3n) is 3.53. The number of carboxylic acids is 1. The summed E-state index contributed by atoms with van der Waals surface area (Å²) in [4.78, 5) is 26.0. The molecule has 0 radical (unpaired) electrons. The molecule has 0 amide bonds. The number of aliphatic carboxylic acids is 1. The minimum Gasteiger partial charge on any atom is -0.480 e. The van der Waals surface area contributed by atoms with Gasteiger partial charge in [-0.15, -0.1) is 0 Å². The predicted molar refractivity (Wildman–Crippen MR) is 88.6 cm³/mol. The Morgan fingerprint density at radius 2 is 1.87 bits per heavy atom. The van der Waals surface area contributed by atoms with E-state index in [9.17, 15) is 14.7 Å². The SMILES string of the molecule is Cc1ccc(C(=CN(C)C)C(=O)C(NNC2CC2)C(=O)O)cc1. The molecule has 1 aromatic rings. The molecule has 1 aromatic carbocycles. The first-order valence-electron chi connectivity index (χ1n) is 7.62. The van der Waals surface area contributed by atoms with Crippen LogP contribution >= 0.6 is 0 Å². The maximum absolute atomic E-state index is 12.8. The number of Topliss-reactive ketones (excluding diaryl/α,β-unsaturated/α-hetero) is 1. The average Bonchev–Trinajstić information content (AvgIpc) is 3.29. The van der Waals surface area contributed by atoms with Crippen LogP contribution < -0.4 is 10.9 Å². The minimum atomic E-state index is -1.32. The van der Waals surface area contributed by atoms with E-state index < -0.39 is 17.8 Å². The molecule has 0 aromatic heterocycles. The van der Waals surface area contributed by atoms with Crippen molar-refractivity contribution in [1.82, 2.24) is 15.8 Å². The van der Waals surface area contributed by atoms with E-state index >= 15 is 0 Å². The second-order valence-corrected chi connectivity index (χ2v) is 6.07. The number of aryl methyl sites for hydroxylation is 1. The summed E-state index contributed by atoms with van der Waals surface area (Å²) >= 11 is 0. The normalized spacial score (nSPS) is 16.0. The summed E-state index contributed by atoms with van der Waals surface area (Å²) < 4.78 is 0. The average molecular weight is 317 g/mol. The minimum absolute atomic E-state index is 0.255. The van der Waals surface area contributed by atoms with Crippen molar-refractivity contribution < 1.29 is 14.7 Å². The van der Waals surface area contributed by atoms with Crippen LogP contribution in [0.5, 0.6) is 0 Å². The molecule has 6 nitrogen and oxygen atoms in total. The Hall–Kier alpha value is -2.18. The van der Waals surface area contributed by atoms with E-state index in [1.54, 1.807) is 25.2 Å². The van der Waals surface area contributed by atoms with Crippen LogP contribution in [0.15, 0.2) is 30.5 Å². The zero-order chi connectivity index (χ0) is 17.0. The second kappa shape index (κ2) is 7.39. The van der Waals surface area contributed by atoms with Gasteiger partial charge in [-0.25, -0.2) is 10.2 Å². The summed E-state index contributed by atoms with van der Waals surface area (Å²) in [5.41, 5.74) is 7.70. The number of nitrogens with one attached hydrogen (secondary N) is 2. The number of nitrogens with zero attached hydrogens (tertiary/aromatic N) is 1. The van der Waals surface area contributed by atoms with E-state index in [4.69, 9.17) is 0 Å². The van der Waals surface area contributed by atoms with Crippen molar-refractivity contribution in [3.8, 4) is 0 Å². The van der Waals surface area contributed by atoms with Crippen LogP contribution in [0.4, 0.5) is 0 Å². The van der Waals surface area contributed by atoms with Gasteiger partial charge in [0.05, 0.1) is 0 Å². The number of hydrogen-bond acceptors (Lipinski definition) is 5. The lowest BCUT2D eigenvalue weighted by Crippen LogP contribution is -2.51. The van der Waals surface area contributed by atoms with Crippen LogP contribution in [0.1, 0.15) is 24.0 Å². The zero-order valence-corrected chi connectivity index (χ0v) is 13.7. The van der Waals surface area contributed by atoms with Crippen LogP contribution in [0.25, 0.3) is 5.57 Å². The van der Waals surface area contributed by atoms with Gasteiger partial charge < -0.3 is 10.0 Å². The summed E-state index contributed by atoms with van der Waals surface area (Å²) in [6.07, 6.45) is 3.64. The van der Waals surface area contributed by atoms with Crippen molar-refractivity contribution in [2.75, 3.05) is 14.1 Å². The van der Waals surface area contributed by atoms with Gasteiger partial charge in [0, 0.05) is 31.9 Å². The molecule has 3 N–H and O–H groups in total. The number of carboxylic acid groups (broad SMARTS) is 1. The molecule has 0 spiro atoms. The second-order valence-electron chi connectivity index (χ2n) is 6.07. The number of hydrogen-bond donors (Lipinski definition) is 3. The lowest BCUT2D eigenvalue weighted by molar-refractivity contribution is -0.142. The molecular formula is C17H23N3O3.